The first kappa shape index (κ1) is 22.8. The summed E-state index contributed by atoms with van der Waals surface area (Å²) >= 11 is 0. The number of rotatable bonds is 9. The van der Waals surface area contributed by atoms with Crippen LogP contribution < -0.4 is 22.1 Å². The summed E-state index contributed by atoms with van der Waals surface area (Å²) in [5.41, 5.74) is 11.9. The zero-order chi connectivity index (χ0) is 18.9. The molecule has 25 heavy (non-hydrogen) atoms. The van der Waals surface area contributed by atoms with Crippen molar-refractivity contribution < 1.29 is 9.94 Å². The largest absolute Gasteiger partial charge is 0.392 e. The number of hydroxylamine groups is 2. The second-order valence-electron chi connectivity index (χ2n) is 8.58. The third kappa shape index (κ3) is 11.1. The highest BCUT2D eigenvalue weighted by molar-refractivity contribution is 4.85. The Bertz CT molecular complexity index is 360. The van der Waals surface area contributed by atoms with Gasteiger partial charge in [-0.1, -0.05) is 6.42 Å². The van der Waals surface area contributed by atoms with Crippen molar-refractivity contribution in [3.05, 3.63) is 0 Å². The van der Waals surface area contributed by atoms with Crippen molar-refractivity contribution in [2.45, 2.75) is 76.2 Å². The first-order chi connectivity index (χ1) is 11.6. The minimum atomic E-state index is -0.523. The van der Waals surface area contributed by atoms with Gasteiger partial charge in [0, 0.05) is 30.7 Å². The van der Waals surface area contributed by atoms with Gasteiger partial charge in [-0.15, -0.1) is 0 Å². The van der Waals surface area contributed by atoms with Crippen LogP contribution in [0, 0.1) is 0 Å². The summed E-state index contributed by atoms with van der Waals surface area (Å²) in [6.45, 7) is 9.68. The van der Waals surface area contributed by atoms with Crippen molar-refractivity contribution in [2.75, 3.05) is 39.8 Å². The van der Waals surface area contributed by atoms with Crippen molar-refractivity contribution in [1.82, 2.24) is 15.7 Å². The van der Waals surface area contributed by atoms with E-state index in [0.29, 0.717) is 19.5 Å². The smallest absolute Gasteiger partial charge is 0.0934 e. The Hall–Kier alpha value is -0.280. The summed E-state index contributed by atoms with van der Waals surface area (Å²) < 4.78 is 0. The third-order valence-corrected chi connectivity index (χ3v) is 4.50. The molecule has 0 aromatic heterocycles. The van der Waals surface area contributed by atoms with Crippen LogP contribution in [0.4, 0.5) is 0 Å². The maximum atomic E-state index is 10.4. The van der Waals surface area contributed by atoms with E-state index in [2.05, 4.69) is 17.6 Å². The molecule has 0 aromatic rings. The number of nitrogens with one attached hydrogen (secondary N) is 2. The van der Waals surface area contributed by atoms with Crippen LogP contribution >= 0.6 is 0 Å². The molecule has 1 heterocycles. The minimum Gasteiger partial charge on any atom is -0.392 e. The maximum absolute atomic E-state index is 10.4. The first-order valence-electron chi connectivity index (χ1n) is 9.64. The van der Waals surface area contributed by atoms with Gasteiger partial charge in [0.2, 0.25) is 0 Å². The van der Waals surface area contributed by atoms with Gasteiger partial charge in [0.05, 0.1) is 18.8 Å². The van der Waals surface area contributed by atoms with Crippen LogP contribution in [0.1, 0.15) is 52.9 Å². The topological polar surface area (TPSA) is 109 Å². The lowest BCUT2D eigenvalue weighted by atomic mass is 9.90. The molecule has 0 aliphatic carbocycles. The van der Waals surface area contributed by atoms with E-state index in [1.54, 1.807) is 0 Å². The quantitative estimate of drug-likeness (QED) is 0.374. The number of nitrogens with two attached hydrogens (primary N) is 2. The average Bonchev–Trinajstić information content (AvgIpc) is 2.52. The molecule has 7 N–H and O–H groups in total. The SMILES string of the molecule is CNCCN(CC(O)CC(C)(C)N)OC1CNCCCCC(C)(N)C1. The lowest BCUT2D eigenvalue weighted by Crippen LogP contribution is -2.48. The molecular weight excluding hydrogens is 318 g/mol. The van der Waals surface area contributed by atoms with Gasteiger partial charge < -0.3 is 27.2 Å². The van der Waals surface area contributed by atoms with Gasteiger partial charge >= 0.3 is 0 Å². The average molecular weight is 360 g/mol. The molecular formula is C18H41N5O2. The van der Waals surface area contributed by atoms with Gasteiger partial charge in [0.25, 0.3) is 0 Å². The van der Waals surface area contributed by atoms with Gasteiger partial charge in [-0.25, -0.2) is 0 Å². The highest BCUT2D eigenvalue weighted by atomic mass is 16.7. The minimum absolute atomic E-state index is 0.00282. The Morgan fingerprint density at radius 2 is 2.16 bits per heavy atom. The molecule has 150 valence electrons. The van der Waals surface area contributed by atoms with Crippen LogP contribution in [0.3, 0.4) is 0 Å². The zero-order valence-electron chi connectivity index (χ0n) is 16.7. The molecule has 0 bridgehead atoms. The Morgan fingerprint density at radius 1 is 1.44 bits per heavy atom. The Morgan fingerprint density at radius 3 is 2.80 bits per heavy atom. The lowest BCUT2D eigenvalue weighted by molar-refractivity contribution is -0.211. The van der Waals surface area contributed by atoms with Crippen LogP contribution in [-0.2, 0) is 4.84 Å². The summed E-state index contributed by atoms with van der Waals surface area (Å²) in [5, 5.41) is 18.8. The lowest BCUT2D eigenvalue weighted by Gasteiger charge is -2.34. The monoisotopic (exact) mass is 359 g/mol. The van der Waals surface area contributed by atoms with Crippen molar-refractivity contribution >= 4 is 0 Å². The highest BCUT2D eigenvalue weighted by Crippen LogP contribution is 2.21. The van der Waals surface area contributed by atoms with Gasteiger partial charge in [0.1, 0.15) is 0 Å². The fraction of sp³-hybridized carbons (Fsp3) is 1.00. The maximum Gasteiger partial charge on any atom is 0.0934 e. The molecule has 0 spiro atoms. The summed E-state index contributed by atoms with van der Waals surface area (Å²) in [4.78, 5) is 6.26. The van der Waals surface area contributed by atoms with E-state index < -0.39 is 11.6 Å². The molecule has 0 saturated carbocycles. The summed E-state index contributed by atoms with van der Waals surface area (Å²) in [7, 11) is 1.91. The molecule has 0 aromatic carbocycles. The number of likely N-dealkylation sites (N-methyl/N-ethyl adjacent to an activating group) is 1. The van der Waals surface area contributed by atoms with Crippen LogP contribution in [-0.4, -0.2) is 73.2 Å². The normalized spacial score (nSPS) is 27.6. The van der Waals surface area contributed by atoms with E-state index in [1.807, 2.05) is 26.0 Å². The molecule has 0 radical (unpaired) electrons. The number of aliphatic hydroxyl groups is 1. The Labute approximate surface area is 153 Å². The van der Waals surface area contributed by atoms with Crippen LogP contribution in [0.5, 0.6) is 0 Å². The first-order valence-corrected chi connectivity index (χ1v) is 9.64. The van der Waals surface area contributed by atoms with Crippen molar-refractivity contribution in [3.63, 3.8) is 0 Å². The van der Waals surface area contributed by atoms with Crippen LogP contribution in [0.15, 0.2) is 0 Å². The number of hydrogen-bond donors (Lipinski definition) is 5. The molecule has 1 saturated heterocycles. The molecule has 3 unspecified atom stereocenters. The standard InChI is InChI=1S/C18H41N5O2/c1-17(2,19)11-15(24)14-23(10-9-21-4)25-16-12-18(3,20)7-5-6-8-22-13-16/h15-16,21-22,24H,5-14,19-20H2,1-4H3. The van der Waals surface area contributed by atoms with E-state index in [9.17, 15) is 5.11 Å². The fourth-order valence-electron chi connectivity index (χ4n) is 3.35. The van der Waals surface area contributed by atoms with Crippen molar-refractivity contribution in [2.24, 2.45) is 11.5 Å². The molecule has 0 amide bonds. The molecule has 1 rings (SSSR count). The zero-order valence-corrected chi connectivity index (χ0v) is 16.7. The van der Waals surface area contributed by atoms with Crippen LogP contribution in [0.2, 0.25) is 0 Å². The fourth-order valence-corrected chi connectivity index (χ4v) is 3.35. The second-order valence-corrected chi connectivity index (χ2v) is 8.58. The molecule has 1 aliphatic rings. The number of aliphatic hydroxyl groups excluding tert-OH is 1. The van der Waals surface area contributed by atoms with E-state index in [1.165, 1.54) is 0 Å². The second kappa shape index (κ2) is 10.8. The van der Waals surface area contributed by atoms with Gasteiger partial charge in [-0.05, 0) is 60.0 Å². The predicted molar refractivity (Wildman–Crippen MR) is 103 cm³/mol. The van der Waals surface area contributed by atoms with Gasteiger partial charge in [-0.2, -0.15) is 5.06 Å². The number of nitrogens with zero attached hydrogens (tertiary/aromatic N) is 1. The molecule has 3 atom stereocenters. The number of hydrogen-bond acceptors (Lipinski definition) is 7. The van der Waals surface area contributed by atoms with E-state index >= 15 is 0 Å². The van der Waals surface area contributed by atoms with Gasteiger partial charge in [0.15, 0.2) is 0 Å². The Kier molecular flexibility index (Phi) is 9.80. The van der Waals surface area contributed by atoms with Gasteiger partial charge in [-0.3, -0.25) is 4.84 Å². The van der Waals surface area contributed by atoms with Crippen molar-refractivity contribution in [1.29, 1.82) is 0 Å². The third-order valence-electron chi connectivity index (χ3n) is 4.50. The van der Waals surface area contributed by atoms with Crippen molar-refractivity contribution in [3.8, 4) is 0 Å². The molecule has 1 aliphatic heterocycles. The molecule has 7 nitrogen and oxygen atoms in total. The van der Waals surface area contributed by atoms with E-state index in [-0.39, 0.29) is 11.6 Å². The molecule has 1 fully saturated rings. The highest BCUT2D eigenvalue weighted by Gasteiger charge is 2.28. The Balaban J connectivity index is 2.66. The van der Waals surface area contributed by atoms with E-state index in [4.69, 9.17) is 16.3 Å². The molecule has 7 heteroatoms. The predicted octanol–water partition coefficient (Wildman–Crippen LogP) is 0.177. The van der Waals surface area contributed by atoms with E-state index in [0.717, 1.165) is 45.3 Å². The van der Waals surface area contributed by atoms with Crippen LogP contribution in [0.25, 0.3) is 0 Å². The summed E-state index contributed by atoms with van der Waals surface area (Å²) in [5.74, 6) is 0. The summed E-state index contributed by atoms with van der Waals surface area (Å²) in [6.07, 6.45) is 4.11. The summed E-state index contributed by atoms with van der Waals surface area (Å²) in [6, 6.07) is 0.